The van der Waals surface area contributed by atoms with Gasteiger partial charge >= 0.3 is 0 Å². The van der Waals surface area contributed by atoms with Gasteiger partial charge in [-0.3, -0.25) is 9.59 Å². The normalized spacial score (nSPS) is 12.4. The number of ketones is 2. The molecule has 0 unspecified atom stereocenters. The third-order valence-electron chi connectivity index (χ3n) is 4.12. The van der Waals surface area contributed by atoms with Gasteiger partial charge in [-0.1, -0.05) is 59.8 Å². The molecule has 0 rings (SSSR count). The fourth-order valence-corrected chi connectivity index (χ4v) is 5.50. The first kappa shape index (κ1) is 25.0. The van der Waals surface area contributed by atoms with Gasteiger partial charge in [-0.05, 0) is 38.2 Å². The van der Waals surface area contributed by atoms with Crippen LogP contribution in [0.25, 0.3) is 0 Å². The Morgan fingerprint density at radius 3 is 1.16 bits per heavy atom. The Morgan fingerprint density at radius 2 is 0.880 bits per heavy atom. The smallest absolute Gasteiger partial charge is 0.131 e. The Bertz CT molecular complexity index is 353. The van der Waals surface area contributed by atoms with Crippen molar-refractivity contribution in [3.8, 4) is 0 Å². The van der Waals surface area contributed by atoms with Crippen molar-refractivity contribution in [2.24, 2.45) is 0 Å². The van der Waals surface area contributed by atoms with Crippen LogP contribution in [0.1, 0.15) is 99.3 Å². The predicted molar refractivity (Wildman–Crippen MR) is 116 cm³/mol. The van der Waals surface area contributed by atoms with Crippen LogP contribution in [0.3, 0.4) is 0 Å². The number of rotatable bonds is 16. The Morgan fingerprint density at radius 1 is 0.600 bits per heavy atom. The van der Waals surface area contributed by atoms with E-state index in [0.717, 1.165) is 0 Å². The fourth-order valence-electron chi connectivity index (χ4n) is 3.09. The summed E-state index contributed by atoms with van der Waals surface area (Å²) in [5, 5.41) is 0. The van der Waals surface area contributed by atoms with Gasteiger partial charge < -0.3 is 0 Å². The average molecular weight is 389 g/mol. The zero-order valence-electron chi connectivity index (χ0n) is 17.4. The van der Waals surface area contributed by atoms with Crippen molar-refractivity contribution in [2.75, 3.05) is 11.5 Å². The van der Waals surface area contributed by atoms with Gasteiger partial charge in [-0.15, -0.1) is 0 Å². The van der Waals surface area contributed by atoms with Crippen LogP contribution < -0.4 is 0 Å². The largest absolute Gasteiger partial charge is 0.300 e. The van der Waals surface area contributed by atoms with Crippen LogP contribution in [0.2, 0.25) is 0 Å². The van der Waals surface area contributed by atoms with Crippen LogP contribution in [0.5, 0.6) is 0 Å². The zero-order chi connectivity index (χ0) is 19.3. The minimum absolute atomic E-state index is 0.0969. The summed E-state index contributed by atoms with van der Waals surface area (Å²) in [4.78, 5) is 22.4. The molecule has 0 heterocycles. The van der Waals surface area contributed by atoms with Crippen molar-refractivity contribution in [1.29, 1.82) is 0 Å². The minimum atomic E-state index is 0.0969. The van der Waals surface area contributed by atoms with Crippen LogP contribution in [0, 0.1) is 0 Å². The van der Waals surface area contributed by atoms with Gasteiger partial charge in [-0.25, -0.2) is 0 Å². The predicted octanol–water partition coefficient (Wildman–Crippen LogP) is 6.70. The number of hydrogen-bond donors (Lipinski definition) is 0. The molecule has 0 saturated carbocycles. The first-order chi connectivity index (χ1) is 11.5. The summed E-state index contributed by atoms with van der Waals surface area (Å²) in [5.74, 6) is 2.92. The van der Waals surface area contributed by atoms with E-state index >= 15 is 0 Å². The summed E-state index contributed by atoms with van der Waals surface area (Å²) in [6.07, 6.45) is 10.5. The minimum Gasteiger partial charge on any atom is -0.300 e. The Hall–Kier alpha value is 0.0400. The molecule has 0 aliphatic heterocycles. The molecule has 0 radical (unpaired) electrons. The van der Waals surface area contributed by atoms with Crippen LogP contribution in [-0.4, -0.2) is 32.6 Å². The van der Waals surface area contributed by atoms with Crippen molar-refractivity contribution in [3.05, 3.63) is 0 Å². The second kappa shape index (κ2) is 13.2. The molecule has 0 fully saturated rings. The molecule has 0 aromatic rings. The first-order valence-corrected chi connectivity index (χ1v) is 11.8. The van der Waals surface area contributed by atoms with Gasteiger partial charge in [0.05, 0.1) is 0 Å². The molecule has 0 aromatic heterocycles. The molecule has 0 aliphatic rings. The number of carbonyl (C=O) groups excluding carboxylic acids is 2. The van der Waals surface area contributed by atoms with E-state index in [2.05, 4.69) is 27.7 Å². The van der Waals surface area contributed by atoms with Crippen molar-refractivity contribution < 1.29 is 9.59 Å². The summed E-state index contributed by atoms with van der Waals surface area (Å²) < 4.78 is 0.194. The summed E-state index contributed by atoms with van der Waals surface area (Å²) in [6.45, 7) is 12.1. The number of Topliss-reactive ketones (excluding diaryl/α,β-unsaturated/α-hetero) is 2. The molecule has 2 nitrogen and oxygen atoms in total. The molecule has 25 heavy (non-hydrogen) atoms. The number of unbranched alkanes of at least 4 members (excludes halogenated alkanes) is 6. The third kappa shape index (κ3) is 17.2. The Labute approximate surface area is 165 Å². The van der Waals surface area contributed by atoms with Gasteiger partial charge in [0.15, 0.2) is 0 Å². The molecule has 0 aliphatic carbocycles. The lowest BCUT2D eigenvalue weighted by atomic mass is 10.1. The maximum absolute atomic E-state index is 11.2. The lowest BCUT2D eigenvalue weighted by Crippen LogP contribution is -2.19. The molecule has 0 aromatic carbocycles. The third-order valence-corrected chi connectivity index (χ3v) is 6.96. The second-order valence-electron chi connectivity index (χ2n) is 8.45. The van der Waals surface area contributed by atoms with Crippen molar-refractivity contribution in [3.63, 3.8) is 0 Å². The van der Waals surface area contributed by atoms with E-state index in [1.54, 1.807) is 13.8 Å². The number of thioether (sulfide) groups is 2. The molecule has 148 valence electrons. The Kier molecular flexibility index (Phi) is 13.3. The highest BCUT2D eigenvalue weighted by Crippen LogP contribution is 2.30. The maximum Gasteiger partial charge on any atom is 0.131 e. The molecule has 0 N–H and O–H groups in total. The summed E-state index contributed by atoms with van der Waals surface area (Å²) in [7, 11) is 0. The molecule has 0 bridgehead atoms. The van der Waals surface area contributed by atoms with E-state index in [4.69, 9.17) is 0 Å². The monoisotopic (exact) mass is 388 g/mol. The van der Waals surface area contributed by atoms with Crippen LogP contribution >= 0.6 is 23.5 Å². The first-order valence-electron chi connectivity index (χ1n) is 9.81. The summed E-state index contributed by atoms with van der Waals surface area (Å²) >= 11 is 3.88. The molecule has 0 spiro atoms. The van der Waals surface area contributed by atoms with E-state index in [1.165, 1.54) is 56.5 Å². The van der Waals surface area contributed by atoms with Crippen molar-refractivity contribution in [2.45, 2.75) is 109 Å². The van der Waals surface area contributed by atoms with Crippen LogP contribution in [0.4, 0.5) is 0 Å². The van der Waals surface area contributed by atoms with Crippen molar-refractivity contribution >= 4 is 35.1 Å². The van der Waals surface area contributed by atoms with E-state index in [9.17, 15) is 9.59 Å². The quantitative estimate of drug-likeness (QED) is 0.275. The standard InChI is InChI=1S/C21H40O2S2/c1-18(22)16-20(3,4)24-14-12-10-8-7-9-11-13-15-25-21(5,6)17-19(2)23/h7-17H2,1-6H3. The van der Waals surface area contributed by atoms with E-state index < -0.39 is 0 Å². The lowest BCUT2D eigenvalue weighted by molar-refractivity contribution is -0.118. The van der Waals surface area contributed by atoms with Crippen LogP contribution in [0.15, 0.2) is 0 Å². The van der Waals surface area contributed by atoms with E-state index in [-0.39, 0.29) is 9.49 Å². The van der Waals surface area contributed by atoms with Gasteiger partial charge in [0.25, 0.3) is 0 Å². The molecule has 0 atom stereocenters. The molecule has 4 heteroatoms. The van der Waals surface area contributed by atoms with Gasteiger partial charge in [-0.2, -0.15) is 23.5 Å². The second-order valence-corrected chi connectivity index (χ2v) is 12.1. The lowest BCUT2D eigenvalue weighted by Gasteiger charge is -2.22. The molecule has 0 amide bonds. The fraction of sp³-hybridized carbons (Fsp3) is 0.905. The van der Waals surface area contributed by atoms with Crippen LogP contribution in [-0.2, 0) is 9.59 Å². The SMILES string of the molecule is CC(=O)CC(C)(C)SCCCCCCCCCSC(C)(C)CC(C)=O. The highest BCUT2D eigenvalue weighted by Gasteiger charge is 2.20. The maximum atomic E-state index is 11.2. The molecule has 0 saturated heterocycles. The van der Waals surface area contributed by atoms with E-state index in [0.29, 0.717) is 24.4 Å². The molecular weight excluding hydrogens is 348 g/mol. The van der Waals surface area contributed by atoms with Gasteiger partial charge in [0.1, 0.15) is 11.6 Å². The Balaban J connectivity index is 3.45. The highest BCUT2D eigenvalue weighted by atomic mass is 32.2. The zero-order valence-corrected chi connectivity index (χ0v) is 19.0. The summed E-state index contributed by atoms with van der Waals surface area (Å²) in [6, 6.07) is 0. The number of carbonyl (C=O) groups is 2. The average Bonchev–Trinajstić information content (AvgIpc) is 2.41. The topological polar surface area (TPSA) is 34.1 Å². The molecular formula is C21H40O2S2. The highest BCUT2D eigenvalue weighted by molar-refractivity contribution is 8.00. The number of hydrogen-bond acceptors (Lipinski definition) is 4. The van der Waals surface area contributed by atoms with Gasteiger partial charge in [0, 0.05) is 22.3 Å². The van der Waals surface area contributed by atoms with E-state index in [1.807, 2.05) is 23.5 Å². The summed E-state index contributed by atoms with van der Waals surface area (Å²) in [5.41, 5.74) is 0. The van der Waals surface area contributed by atoms with Crippen molar-refractivity contribution in [1.82, 2.24) is 0 Å². The van der Waals surface area contributed by atoms with Gasteiger partial charge in [0.2, 0.25) is 0 Å².